The molecule has 4 rings (SSSR count). The Balaban J connectivity index is 1.55. The van der Waals surface area contributed by atoms with Gasteiger partial charge in [0, 0.05) is 38.7 Å². The maximum Gasteiger partial charge on any atom is 0.243 e. The van der Waals surface area contributed by atoms with Gasteiger partial charge in [0.1, 0.15) is 6.04 Å². The summed E-state index contributed by atoms with van der Waals surface area (Å²) in [6.45, 7) is 4.85. The predicted molar refractivity (Wildman–Crippen MR) is 123 cm³/mol. The summed E-state index contributed by atoms with van der Waals surface area (Å²) in [7, 11) is -3.58. The van der Waals surface area contributed by atoms with E-state index in [1.807, 2.05) is 31.2 Å². The molecular weight excluding hydrogens is 426 g/mol. The molecule has 1 N–H and O–H groups in total. The van der Waals surface area contributed by atoms with E-state index in [1.165, 1.54) is 16.1 Å². The van der Waals surface area contributed by atoms with Crippen LogP contribution in [0.3, 0.4) is 0 Å². The molecule has 2 aromatic carbocycles. The molecule has 2 aromatic rings. The van der Waals surface area contributed by atoms with Gasteiger partial charge in [-0.05, 0) is 49.1 Å². The number of amides is 2. The van der Waals surface area contributed by atoms with Crippen LogP contribution < -0.4 is 10.2 Å². The van der Waals surface area contributed by atoms with Crippen molar-refractivity contribution >= 4 is 27.5 Å². The zero-order valence-corrected chi connectivity index (χ0v) is 19.3. The fraction of sp³-hybridized carbons (Fsp3) is 0.417. The lowest BCUT2D eigenvalue weighted by atomic mass is 10.1. The van der Waals surface area contributed by atoms with Gasteiger partial charge >= 0.3 is 0 Å². The van der Waals surface area contributed by atoms with Gasteiger partial charge in [0.2, 0.25) is 21.8 Å². The van der Waals surface area contributed by atoms with Gasteiger partial charge in [0.25, 0.3) is 0 Å². The standard InChI is InChI=1S/C24H29N3O4S/c1-17-7-6-8-19(13-17)16-25-24(29)23-15-20-14-21(9-10-22(20)27(23)18(2)28)32(30,31)26-11-4-3-5-12-26/h6-10,13-14,23H,3-5,11-12,15-16H2,1-2H3,(H,25,29)/t23-/m1/s1. The third kappa shape index (κ3) is 4.42. The number of hydrogen-bond donors (Lipinski definition) is 1. The Morgan fingerprint density at radius 2 is 1.81 bits per heavy atom. The SMILES string of the molecule is CC(=O)N1c2ccc(S(=O)(=O)N3CCCCC3)cc2C[C@@H]1C(=O)NCc1cccc(C)c1. The zero-order valence-electron chi connectivity index (χ0n) is 18.5. The van der Waals surface area contributed by atoms with Gasteiger partial charge in [0.05, 0.1) is 4.90 Å². The van der Waals surface area contributed by atoms with E-state index in [9.17, 15) is 18.0 Å². The van der Waals surface area contributed by atoms with Crippen molar-refractivity contribution < 1.29 is 18.0 Å². The highest BCUT2D eigenvalue weighted by Crippen LogP contribution is 2.35. The van der Waals surface area contributed by atoms with Crippen LogP contribution in [0.1, 0.15) is 42.9 Å². The van der Waals surface area contributed by atoms with E-state index in [1.54, 1.807) is 18.2 Å². The molecule has 8 heteroatoms. The highest BCUT2D eigenvalue weighted by molar-refractivity contribution is 7.89. The number of nitrogens with one attached hydrogen (secondary N) is 1. The molecule has 0 aromatic heterocycles. The molecule has 2 aliphatic heterocycles. The molecule has 0 unspecified atom stereocenters. The maximum absolute atomic E-state index is 13.1. The molecule has 2 amide bonds. The summed E-state index contributed by atoms with van der Waals surface area (Å²) in [6.07, 6.45) is 3.07. The van der Waals surface area contributed by atoms with E-state index in [2.05, 4.69) is 5.32 Å². The number of rotatable bonds is 5. The van der Waals surface area contributed by atoms with E-state index in [4.69, 9.17) is 0 Å². The molecule has 0 radical (unpaired) electrons. The molecule has 2 aliphatic rings. The Hall–Kier alpha value is -2.71. The number of nitrogens with zero attached hydrogens (tertiary/aromatic N) is 2. The monoisotopic (exact) mass is 455 g/mol. The Labute approximate surface area is 189 Å². The van der Waals surface area contributed by atoms with Crippen LogP contribution in [0, 0.1) is 6.92 Å². The lowest BCUT2D eigenvalue weighted by Crippen LogP contribution is -2.47. The quantitative estimate of drug-likeness (QED) is 0.751. The molecule has 32 heavy (non-hydrogen) atoms. The Morgan fingerprint density at radius 3 is 2.50 bits per heavy atom. The number of hydrogen-bond acceptors (Lipinski definition) is 4. The van der Waals surface area contributed by atoms with Gasteiger partial charge in [-0.2, -0.15) is 4.31 Å². The van der Waals surface area contributed by atoms with Gasteiger partial charge in [-0.1, -0.05) is 36.2 Å². The third-order valence-corrected chi connectivity index (χ3v) is 8.07. The Kier molecular flexibility index (Phi) is 6.35. The van der Waals surface area contributed by atoms with Crippen LogP contribution >= 0.6 is 0 Å². The van der Waals surface area contributed by atoms with E-state index >= 15 is 0 Å². The van der Waals surface area contributed by atoms with Crippen LogP contribution in [-0.4, -0.2) is 43.7 Å². The van der Waals surface area contributed by atoms with Gasteiger partial charge < -0.3 is 5.32 Å². The normalized spacial score (nSPS) is 18.9. The van der Waals surface area contributed by atoms with Gasteiger partial charge in [0.15, 0.2) is 0 Å². The van der Waals surface area contributed by atoms with Crippen molar-refractivity contribution in [3.63, 3.8) is 0 Å². The summed E-state index contributed by atoms with van der Waals surface area (Å²) in [6, 6.07) is 12.0. The molecule has 2 heterocycles. The van der Waals surface area contributed by atoms with Crippen LogP contribution in [-0.2, 0) is 32.6 Å². The number of piperidine rings is 1. The molecule has 1 saturated heterocycles. The lowest BCUT2D eigenvalue weighted by molar-refractivity contribution is -0.125. The molecule has 1 atom stereocenters. The summed E-state index contributed by atoms with van der Waals surface area (Å²) >= 11 is 0. The summed E-state index contributed by atoms with van der Waals surface area (Å²) in [5.74, 6) is -0.496. The summed E-state index contributed by atoms with van der Waals surface area (Å²) in [5, 5.41) is 2.93. The van der Waals surface area contributed by atoms with Gasteiger partial charge in [-0.25, -0.2) is 8.42 Å². The van der Waals surface area contributed by atoms with Crippen molar-refractivity contribution in [3.8, 4) is 0 Å². The highest BCUT2D eigenvalue weighted by atomic mass is 32.2. The van der Waals surface area contributed by atoms with Crippen molar-refractivity contribution in [2.24, 2.45) is 0 Å². The number of carbonyl (C=O) groups is 2. The predicted octanol–water partition coefficient (Wildman–Crippen LogP) is 2.76. The van der Waals surface area contributed by atoms with Gasteiger partial charge in [-0.15, -0.1) is 0 Å². The van der Waals surface area contributed by atoms with Crippen LogP contribution in [0.2, 0.25) is 0 Å². The van der Waals surface area contributed by atoms with Crippen LogP contribution in [0.15, 0.2) is 47.4 Å². The first-order valence-corrected chi connectivity index (χ1v) is 12.5. The average molecular weight is 456 g/mol. The van der Waals surface area contributed by atoms with Crippen LogP contribution in [0.5, 0.6) is 0 Å². The molecule has 170 valence electrons. The number of fused-ring (bicyclic) bond motifs is 1. The number of benzene rings is 2. The maximum atomic E-state index is 13.1. The minimum absolute atomic E-state index is 0.225. The van der Waals surface area contributed by atoms with Gasteiger partial charge in [-0.3, -0.25) is 14.5 Å². The zero-order chi connectivity index (χ0) is 22.9. The smallest absolute Gasteiger partial charge is 0.243 e. The molecule has 0 saturated carbocycles. The number of anilines is 1. The second-order valence-electron chi connectivity index (χ2n) is 8.57. The second-order valence-corrected chi connectivity index (χ2v) is 10.5. The minimum Gasteiger partial charge on any atom is -0.350 e. The molecular formula is C24H29N3O4S. The van der Waals surface area contributed by atoms with E-state index in [0.717, 1.165) is 30.4 Å². The summed E-state index contributed by atoms with van der Waals surface area (Å²) in [4.78, 5) is 27.1. The Bertz CT molecular complexity index is 1140. The largest absolute Gasteiger partial charge is 0.350 e. The van der Waals surface area contributed by atoms with Crippen molar-refractivity contribution in [2.45, 2.75) is 57.0 Å². The van der Waals surface area contributed by atoms with Crippen molar-refractivity contribution in [1.82, 2.24) is 9.62 Å². The highest BCUT2D eigenvalue weighted by Gasteiger charge is 2.38. The van der Waals surface area contributed by atoms with Crippen LogP contribution in [0.4, 0.5) is 5.69 Å². The minimum atomic E-state index is -3.58. The molecule has 0 bridgehead atoms. The molecule has 1 fully saturated rings. The third-order valence-electron chi connectivity index (χ3n) is 6.18. The molecule has 0 aliphatic carbocycles. The van der Waals surface area contributed by atoms with E-state index < -0.39 is 16.1 Å². The lowest BCUT2D eigenvalue weighted by Gasteiger charge is -2.26. The Morgan fingerprint density at radius 1 is 1.06 bits per heavy atom. The van der Waals surface area contributed by atoms with Crippen molar-refractivity contribution in [1.29, 1.82) is 0 Å². The first-order valence-electron chi connectivity index (χ1n) is 11.0. The molecule has 0 spiro atoms. The first-order chi connectivity index (χ1) is 15.3. The summed E-state index contributed by atoms with van der Waals surface area (Å²) < 4.78 is 27.7. The number of aryl methyl sites for hydroxylation is 1. The number of sulfonamides is 1. The molecule has 7 nitrogen and oxygen atoms in total. The van der Waals surface area contributed by atoms with E-state index in [-0.39, 0.29) is 23.1 Å². The van der Waals surface area contributed by atoms with Crippen molar-refractivity contribution in [2.75, 3.05) is 18.0 Å². The van der Waals surface area contributed by atoms with Crippen molar-refractivity contribution in [3.05, 3.63) is 59.2 Å². The first kappa shape index (κ1) is 22.5. The average Bonchev–Trinajstić information content (AvgIpc) is 3.17. The topological polar surface area (TPSA) is 86.8 Å². The second kappa shape index (κ2) is 9.03. The number of carbonyl (C=O) groups excluding carboxylic acids is 2. The fourth-order valence-corrected chi connectivity index (χ4v) is 6.14. The summed E-state index contributed by atoms with van der Waals surface area (Å²) in [5.41, 5.74) is 3.40. The van der Waals surface area contributed by atoms with E-state index in [0.29, 0.717) is 30.9 Å². The fourth-order valence-electron chi connectivity index (χ4n) is 4.57. The van der Waals surface area contributed by atoms with Crippen LogP contribution in [0.25, 0.3) is 0 Å².